The highest BCUT2D eigenvalue weighted by atomic mass is 16.3. The number of aromatic nitrogens is 2. The number of carbonyl (C=O) groups excluding carboxylic acids is 1. The SMILES string of the molecule is O=C(c1cncc(N2CC[C@H](CO)[C@@H](O)C2)n1)N1CCCCC1. The molecule has 0 saturated carbocycles. The van der Waals surface area contributed by atoms with Crippen LogP contribution in [0.15, 0.2) is 12.4 Å². The molecule has 7 nitrogen and oxygen atoms in total. The fraction of sp³-hybridized carbons (Fsp3) is 0.688. The van der Waals surface area contributed by atoms with Crippen molar-refractivity contribution in [3.05, 3.63) is 18.1 Å². The van der Waals surface area contributed by atoms with Crippen LogP contribution < -0.4 is 4.90 Å². The first-order chi connectivity index (χ1) is 11.2. The van der Waals surface area contributed by atoms with Crippen LogP contribution >= 0.6 is 0 Å². The lowest BCUT2D eigenvalue weighted by atomic mass is 9.95. The highest BCUT2D eigenvalue weighted by Gasteiger charge is 2.28. The van der Waals surface area contributed by atoms with Gasteiger partial charge in [-0.15, -0.1) is 0 Å². The minimum absolute atomic E-state index is 0.00578. The number of aliphatic hydroxyl groups is 2. The molecule has 1 aromatic heterocycles. The van der Waals surface area contributed by atoms with Crippen molar-refractivity contribution in [2.24, 2.45) is 5.92 Å². The molecule has 0 aromatic carbocycles. The van der Waals surface area contributed by atoms with Crippen LogP contribution in [0.3, 0.4) is 0 Å². The number of piperidine rings is 2. The number of hydrogen-bond acceptors (Lipinski definition) is 6. The Kier molecular flexibility index (Phi) is 5.07. The van der Waals surface area contributed by atoms with Crippen LogP contribution in [0.2, 0.25) is 0 Å². The summed E-state index contributed by atoms with van der Waals surface area (Å²) in [5.41, 5.74) is 0.364. The van der Waals surface area contributed by atoms with Gasteiger partial charge in [0.2, 0.25) is 0 Å². The molecule has 2 saturated heterocycles. The van der Waals surface area contributed by atoms with E-state index in [2.05, 4.69) is 9.97 Å². The number of aliphatic hydroxyl groups excluding tert-OH is 2. The molecule has 2 aliphatic heterocycles. The summed E-state index contributed by atoms with van der Waals surface area (Å²) in [5.74, 6) is 0.463. The van der Waals surface area contributed by atoms with Crippen LogP contribution in [-0.4, -0.2) is 69.9 Å². The Hall–Kier alpha value is -1.73. The topological polar surface area (TPSA) is 89.8 Å². The monoisotopic (exact) mass is 320 g/mol. The maximum absolute atomic E-state index is 12.5. The van der Waals surface area contributed by atoms with E-state index >= 15 is 0 Å². The van der Waals surface area contributed by atoms with Crippen molar-refractivity contribution >= 4 is 11.7 Å². The maximum atomic E-state index is 12.5. The second-order valence-corrected chi connectivity index (χ2v) is 6.36. The Morgan fingerprint density at radius 1 is 1.22 bits per heavy atom. The molecule has 2 atom stereocenters. The number of β-amino-alcohol motifs (C(OH)–C–C–N with tert-alkyl or cyclic N) is 1. The van der Waals surface area contributed by atoms with Gasteiger partial charge in [-0.1, -0.05) is 0 Å². The van der Waals surface area contributed by atoms with Gasteiger partial charge in [-0.3, -0.25) is 9.78 Å². The molecule has 2 aliphatic rings. The predicted molar refractivity (Wildman–Crippen MR) is 85.2 cm³/mol. The van der Waals surface area contributed by atoms with Crippen molar-refractivity contribution in [1.82, 2.24) is 14.9 Å². The lowest BCUT2D eigenvalue weighted by Gasteiger charge is -2.35. The van der Waals surface area contributed by atoms with Gasteiger partial charge in [-0.2, -0.15) is 0 Å². The molecule has 3 heterocycles. The fourth-order valence-electron chi connectivity index (χ4n) is 3.27. The first-order valence-electron chi connectivity index (χ1n) is 8.34. The maximum Gasteiger partial charge on any atom is 0.274 e. The van der Waals surface area contributed by atoms with E-state index in [1.165, 1.54) is 12.6 Å². The molecule has 1 amide bonds. The van der Waals surface area contributed by atoms with Crippen LogP contribution in [0.1, 0.15) is 36.2 Å². The fourth-order valence-corrected chi connectivity index (χ4v) is 3.27. The summed E-state index contributed by atoms with van der Waals surface area (Å²) in [6, 6.07) is 0. The molecule has 23 heavy (non-hydrogen) atoms. The zero-order valence-corrected chi connectivity index (χ0v) is 13.3. The number of likely N-dealkylation sites (tertiary alicyclic amines) is 1. The van der Waals surface area contributed by atoms with E-state index in [4.69, 9.17) is 0 Å². The summed E-state index contributed by atoms with van der Waals surface area (Å²) in [7, 11) is 0. The number of amides is 1. The standard InChI is InChI=1S/C16H24N4O3/c21-11-12-4-7-20(10-14(12)22)15-9-17-8-13(18-15)16(23)19-5-2-1-3-6-19/h8-9,12,14,21-22H,1-7,10-11H2/t12-,14+/m1/s1. The minimum atomic E-state index is -0.586. The van der Waals surface area contributed by atoms with Crippen LogP contribution in [0.5, 0.6) is 0 Å². The predicted octanol–water partition coefficient (Wildman–Crippen LogP) is 0.282. The largest absolute Gasteiger partial charge is 0.396 e. The Bertz CT molecular complexity index is 548. The summed E-state index contributed by atoms with van der Waals surface area (Å²) in [6.07, 6.45) is 6.50. The number of nitrogens with zero attached hydrogens (tertiary/aromatic N) is 4. The minimum Gasteiger partial charge on any atom is -0.396 e. The molecule has 0 unspecified atom stereocenters. The molecule has 0 bridgehead atoms. The van der Waals surface area contributed by atoms with Gasteiger partial charge in [0.05, 0.1) is 18.5 Å². The third kappa shape index (κ3) is 3.61. The van der Waals surface area contributed by atoms with Gasteiger partial charge < -0.3 is 20.0 Å². The summed E-state index contributed by atoms with van der Waals surface area (Å²) < 4.78 is 0. The number of carbonyl (C=O) groups is 1. The van der Waals surface area contributed by atoms with Gasteiger partial charge in [0, 0.05) is 38.7 Å². The molecule has 0 radical (unpaired) electrons. The van der Waals surface area contributed by atoms with E-state index in [0.29, 0.717) is 31.0 Å². The van der Waals surface area contributed by atoms with Crippen molar-refractivity contribution in [2.45, 2.75) is 31.8 Å². The lowest BCUT2D eigenvalue weighted by molar-refractivity contribution is 0.0546. The number of anilines is 1. The molecular weight excluding hydrogens is 296 g/mol. The smallest absolute Gasteiger partial charge is 0.274 e. The van der Waals surface area contributed by atoms with Crippen LogP contribution in [-0.2, 0) is 0 Å². The second kappa shape index (κ2) is 7.23. The van der Waals surface area contributed by atoms with Gasteiger partial charge in [-0.25, -0.2) is 4.98 Å². The van der Waals surface area contributed by atoms with Crippen molar-refractivity contribution in [2.75, 3.05) is 37.7 Å². The summed E-state index contributed by atoms with van der Waals surface area (Å²) in [5, 5.41) is 19.3. The first-order valence-corrected chi connectivity index (χ1v) is 8.34. The van der Waals surface area contributed by atoms with Crippen molar-refractivity contribution in [3.63, 3.8) is 0 Å². The molecule has 1 aromatic rings. The average Bonchev–Trinajstić information content (AvgIpc) is 2.62. The Labute approximate surface area is 136 Å². The summed E-state index contributed by atoms with van der Waals surface area (Å²) in [4.78, 5) is 24.9. The van der Waals surface area contributed by atoms with Crippen molar-refractivity contribution in [1.29, 1.82) is 0 Å². The molecule has 126 valence electrons. The quantitative estimate of drug-likeness (QED) is 0.831. The molecule has 7 heteroatoms. The highest BCUT2D eigenvalue weighted by molar-refractivity contribution is 5.92. The van der Waals surface area contributed by atoms with Gasteiger partial charge in [0.25, 0.3) is 5.91 Å². The lowest BCUT2D eigenvalue weighted by Crippen LogP contribution is -2.45. The van der Waals surface area contributed by atoms with Crippen LogP contribution in [0.4, 0.5) is 5.82 Å². The summed E-state index contributed by atoms with van der Waals surface area (Å²) in [6.45, 7) is 2.66. The van der Waals surface area contributed by atoms with Crippen LogP contribution in [0, 0.1) is 5.92 Å². The van der Waals surface area contributed by atoms with E-state index in [-0.39, 0.29) is 18.4 Å². The van der Waals surface area contributed by atoms with Gasteiger partial charge >= 0.3 is 0 Å². The van der Waals surface area contributed by atoms with E-state index in [1.807, 2.05) is 9.80 Å². The van der Waals surface area contributed by atoms with E-state index < -0.39 is 6.10 Å². The van der Waals surface area contributed by atoms with Crippen molar-refractivity contribution in [3.8, 4) is 0 Å². The molecule has 3 rings (SSSR count). The third-order valence-electron chi connectivity index (χ3n) is 4.76. The molecular formula is C16H24N4O3. The molecule has 0 aliphatic carbocycles. The zero-order chi connectivity index (χ0) is 16.2. The second-order valence-electron chi connectivity index (χ2n) is 6.36. The first kappa shape index (κ1) is 16.1. The zero-order valence-electron chi connectivity index (χ0n) is 13.3. The van der Waals surface area contributed by atoms with E-state index in [0.717, 1.165) is 25.9 Å². The molecule has 2 fully saturated rings. The molecule has 0 spiro atoms. The van der Waals surface area contributed by atoms with E-state index in [9.17, 15) is 15.0 Å². The van der Waals surface area contributed by atoms with Gasteiger partial charge in [0.15, 0.2) is 0 Å². The molecule has 2 N–H and O–H groups in total. The van der Waals surface area contributed by atoms with Gasteiger partial charge in [0.1, 0.15) is 11.5 Å². The average molecular weight is 320 g/mol. The number of rotatable bonds is 3. The Balaban J connectivity index is 1.71. The third-order valence-corrected chi connectivity index (χ3v) is 4.76. The number of hydrogen-bond donors (Lipinski definition) is 2. The normalized spacial score (nSPS) is 25.5. The Morgan fingerprint density at radius 3 is 2.70 bits per heavy atom. The summed E-state index contributed by atoms with van der Waals surface area (Å²) >= 11 is 0. The highest BCUT2D eigenvalue weighted by Crippen LogP contribution is 2.22. The Morgan fingerprint density at radius 2 is 2.00 bits per heavy atom. The van der Waals surface area contributed by atoms with Crippen molar-refractivity contribution < 1.29 is 15.0 Å². The van der Waals surface area contributed by atoms with Gasteiger partial charge in [-0.05, 0) is 25.7 Å². The van der Waals surface area contributed by atoms with E-state index in [1.54, 1.807) is 6.20 Å². The van der Waals surface area contributed by atoms with Crippen LogP contribution in [0.25, 0.3) is 0 Å².